The van der Waals surface area contributed by atoms with Gasteiger partial charge < -0.3 is 19.6 Å². The molecule has 3 aromatic rings. The van der Waals surface area contributed by atoms with Gasteiger partial charge in [0.25, 0.3) is 11.8 Å². The van der Waals surface area contributed by atoms with E-state index in [1.54, 1.807) is 42.3 Å². The van der Waals surface area contributed by atoms with E-state index in [2.05, 4.69) is 10.1 Å². The lowest BCUT2D eigenvalue weighted by Gasteiger charge is -2.33. The Labute approximate surface area is 177 Å². The van der Waals surface area contributed by atoms with Gasteiger partial charge in [-0.25, -0.2) is 4.98 Å². The third-order valence-electron chi connectivity index (χ3n) is 5.11. The SMILES string of the molecule is CN(CCO)C(=O)c1sc2ncccc2c1[C@H]1CN(C(=O)c2cnn(C)c2)CCO1. The maximum absolute atomic E-state index is 13.1. The van der Waals surface area contributed by atoms with E-state index in [0.717, 1.165) is 15.8 Å². The van der Waals surface area contributed by atoms with Gasteiger partial charge >= 0.3 is 0 Å². The highest BCUT2D eigenvalue weighted by Crippen LogP contribution is 2.38. The van der Waals surface area contributed by atoms with Crippen molar-refractivity contribution in [2.45, 2.75) is 6.10 Å². The number of morpholine rings is 1. The van der Waals surface area contributed by atoms with Crippen LogP contribution in [-0.2, 0) is 11.8 Å². The first-order valence-corrected chi connectivity index (χ1v) is 10.4. The summed E-state index contributed by atoms with van der Waals surface area (Å²) >= 11 is 1.31. The smallest absolute Gasteiger partial charge is 0.264 e. The highest BCUT2D eigenvalue weighted by Gasteiger charge is 2.33. The second-order valence-corrected chi connectivity index (χ2v) is 8.16. The van der Waals surface area contributed by atoms with Crippen molar-refractivity contribution in [3.05, 3.63) is 46.7 Å². The van der Waals surface area contributed by atoms with Crippen LogP contribution in [0.1, 0.15) is 31.7 Å². The fourth-order valence-electron chi connectivity index (χ4n) is 3.58. The van der Waals surface area contributed by atoms with Gasteiger partial charge in [-0.1, -0.05) is 6.07 Å². The minimum Gasteiger partial charge on any atom is -0.395 e. The summed E-state index contributed by atoms with van der Waals surface area (Å²) in [5.74, 6) is -0.305. The molecule has 0 aromatic carbocycles. The molecule has 3 aromatic heterocycles. The first-order chi connectivity index (χ1) is 14.5. The van der Waals surface area contributed by atoms with Gasteiger partial charge in [0.15, 0.2) is 0 Å². The summed E-state index contributed by atoms with van der Waals surface area (Å²) in [7, 11) is 3.42. The van der Waals surface area contributed by atoms with Crippen LogP contribution in [0, 0.1) is 0 Å². The molecular formula is C20H23N5O4S. The standard InChI is InChI=1S/C20H23N5O4S/c1-23(6-8-26)20(28)17-16(14-4-3-5-21-18(14)30-17)15-12-25(7-9-29-15)19(27)13-10-22-24(2)11-13/h3-5,10-11,15,26H,6-9,12H2,1-2H3/t15-/m1/s1. The number of nitrogens with zero attached hydrogens (tertiary/aromatic N) is 5. The number of hydrogen-bond acceptors (Lipinski definition) is 7. The molecule has 0 unspecified atom stereocenters. The topological polar surface area (TPSA) is 101 Å². The molecule has 0 aliphatic carbocycles. The zero-order chi connectivity index (χ0) is 21.3. The number of amides is 2. The molecule has 30 heavy (non-hydrogen) atoms. The van der Waals surface area contributed by atoms with Crippen molar-refractivity contribution in [1.29, 1.82) is 0 Å². The number of aliphatic hydroxyl groups excluding tert-OH is 1. The molecule has 4 heterocycles. The zero-order valence-corrected chi connectivity index (χ0v) is 17.6. The van der Waals surface area contributed by atoms with E-state index >= 15 is 0 Å². The minimum absolute atomic E-state index is 0.112. The van der Waals surface area contributed by atoms with E-state index in [1.165, 1.54) is 16.2 Å². The molecule has 0 saturated carbocycles. The molecule has 2 amide bonds. The molecule has 158 valence electrons. The Kier molecular flexibility index (Phi) is 5.80. The number of aromatic nitrogens is 3. The van der Waals surface area contributed by atoms with Gasteiger partial charge in [0.2, 0.25) is 0 Å². The average Bonchev–Trinajstić information content (AvgIpc) is 3.36. The number of thiophene rings is 1. The summed E-state index contributed by atoms with van der Waals surface area (Å²) in [5, 5.41) is 14.1. The van der Waals surface area contributed by atoms with Crippen molar-refractivity contribution < 1.29 is 19.4 Å². The predicted octanol–water partition coefficient (Wildman–Crippen LogP) is 1.31. The first-order valence-electron chi connectivity index (χ1n) is 9.63. The number of pyridine rings is 1. The van der Waals surface area contributed by atoms with Crippen LogP contribution in [0.2, 0.25) is 0 Å². The number of ether oxygens (including phenoxy) is 1. The highest BCUT2D eigenvalue weighted by atomic mass is 32.1. The van der Waals surface area contributed by atoms with Crippen molar-refractivity contribution in [3.63, 3.8) is 0 Å². The molecular weight excluding hydrogens is 406 g/mol. The number of hydrogen-bond donors (Lipinski definition) is 1. The maximum atomic E-state index is 13.1. The van der Waals surface area contributed by atoms with Crippen molar-refractivity contribution in [3.8, 4) is 0 Å². The Morgan fingerprint density at radius 2 is 2.27 bits per heavy atom. The molecule has 1 aliphatic heterocycles. The number of carbonyl (C=O) groups excluding carboxylic acids is 2. The van der Waals surface area contributed by atoms with Gasteiger partial charge in [-0.3, -0.25) is 14.3 Å². The Morgan fingerprint density at radius 3 is 3.00 bits per heavy atom. The Bertz CT molecular complexity index is 1080. The molecule has 0 bridgehead atoms. The molecule has 1 fully saturated rings. The number of aryl methyl sites for hydroxylation is 1. The van der Waals surface area contributed by atoms with Crippen molar-refractivity contribution in [2.24, 2.45) is 7.05 Å². The minimum atomic E-state index is -0.446. The number of fused-ring (bicyclic) bond motifs is 1. The third kappa shape index (κ3) is 3.81. The van der Waals surface area contributed by atoms with Crippen LogP contribution in [0.4, 0.5) is 0 Å². The van der Waals surface area contributed by atoms with Gasteiger partial charge in [-0.15, -0.1) is 11.3 Å². The van der Waals surface area contributed by atoms with E-state index in [9.17, 15) is 14.7 Å². The molecule has 1 saturated heterocycles. The van der Waals surface area contributed by atoms with Crippen LogP contribution < -0.4 is 0 Å². The van der Waals surface area contributed by atoms with Gasteiger partial charge in [0, 0.05) is 50.5 Å². The molecule has 9 nitrogen and oxygen atoms in total. The van der Waals surface area contributed by atoms with E-state index in [4.69, 9.17) is 4.74 Å². The van der Waals surface area contributed by atoms with Gasteiger partial charge in [-0.2, -0.15) is 5.10 Å². The largest absolute Gasteiger partial charge is 0.395 e. The average molecular weight is 430 g/mol. The first kappa shape index (κ1) is 20.5. The van der Waals surface area contributed by atoms with E-state index in [-0.39, 0.29) is 25.0 Å². The van der Waals surface area contributed by atoms with Gasteiger partial charge in [0.1, 0.15) is 15.8 Å². The molecule has 0 spiro atoms. The molecule has 1 aliphatic rings. The van der Waals surface area contributed by atoms with E-state index < -0.39 is 6.10 Å². The second-order valence-electron chi connectivity index (χ2n) is 7.16. The molecule has 10 heteroatoms. The second kappa shape index (κ2) is 8.50. The summed E-state index contributed by atoms with van der Waals surface area (Å²) in [6, 6.07) is 3.74. The maximum Gasteiger partial charge on any atom is 0.264 e. The van der Waals surface area contributed by atoms with Gasteiger partial charge in [0.05, 0.1) is 31.5 Å². The molecule has 0 radical (unpaired) electrons. The number of likely N-dealkylation sites (N-methyl/N-ethyl adjacent to an activating group) is 1. The zero-order valence-electron chi connectivity index (χ0n) is 16.8. The van der Waals surface area contributed by atoms with Crippen molar-refractivity contribution in [1.82, 2.24) is 24.6 Å². The Morgan fingerprint density at radius 1 is 1.43 bits per heavy atom. The summed E-state index contributed by atoms with van der Waals surface area (Å²) in [6.07, 6.45) is 4.48. The van der Waals surface area contributed by atoms with Crippen LogP contribution >= 0.6 is 11.3 Å². The number of carbonyl (C=O) groups is 2. The highest BCUT2D eigenvalue weighted by molar-refractivity contribution is 7.20. The van der Waals surface area contributed by atoms with Crippen LogP contribution in [-0.4, -0.2) is 81.4 Å². The summed E-state index contributed by atoms with van der Waals surface area (Å²) in [4.78, 5) is 34.9. The van der Waals surface area contributed by atoms with Crippen LogP contribution in [0.5, 0.6) is 0 Å². The Balaban J connectivity index is 1.68. The van der Waals surface area contributed by atoms with E-state index in [0.29, 0.717) is 30.1 Å². The predicted molar refractivity (Wildman–Crippen MR) is 111 cm³/mol. The Hall–Kier alpha value is -2.82. The van der Waals surface area contributed by atoms with E-state index in [1.807, 2.05) is 12.1 Å². The van der Waals surface area contributed by atoms with Crippen LogP contribution in [0.3, 0.4) is 0 Å². The number of rotatable bonds is 5. The van der Waals surface area contributed by atoms with Crippen LogP contribution in [0.25, 0.3) is 10.2 Å². The summed E-state index contributed by atoms with van der Waals surface area (Å²) in [5.41, 5.74) is 1.27. The lowest BCUT2D eigenvalue weighted by Crippen LogP contribution is -2.42. The van der Waals surface area contributed by atoms with Crippen LogP contribution in [0.15, 0.2) is 30.7 Å². The third-order valence-corrected chi connectivity index (χ3v) is 6.23. The summed E-state index contributed by atoms with van der Waals surface area (Å²) in [6.45, 7) is 1.29. The molecule has 1 atom stereocenters. The lowest BCUT2D eigenvalue weighted by molar-refractivity contribution is -0.0223. The quantitative estimate of drug-likeness (QED) is 0.656. The molecule has 4 rings (SSSR count). The van der Waals surface area contributed by atoms with Crippen molar-refractivity contribution in [2.75, 3.05) is 39.9 Å². The normalized spacial score (nSPS) is 16.8. The van der Waals surface area contributed by atoms with Gasteiger partial charge in [-0.05, 0) is 6.07 Å². The fraction of sp³-hybridized carbons (Fsp3) is 0.400. The summed E-state index contributed by atoms with van der Waals surface area (Å²) < 4.78 is 7.62. The fourth-order valence-corrected chi connectivity index (χ4v) is 4.77. The lowest BCUT2D eigenvalue weighted by atomic mass is 10.0. The molecule has 1 N–H and O–H groups in total. The monoisotopic (exact) mass is 429 g/mol. The number of aliphatic hydroxyl groups is 1. The van der Waals surface area contributed by atoms with Crippen molar-refractivity contribution >= 4 is 33.4 Å².